The monoisotopic (exact) mass is 207 g/mol. The van der Waals surface area contributed by atoms with Crippen molar-refractivity contribution in [1.29, 1.82) is 0 Å². The summed E-state index contributed by atoms with van der Waals surface area (Å²) in [5, 5.41) is 11.8. The van der Waals surface area contributed by atoms with Crippen molar-refractivity contribution in [2.24, 2.45) is 5.92 Å². The summed E-state index contributed by atoms with van der Waals surface area (Å²) in [6.07, 6.45) is 1.54. The molecular weight excluding hydrogens is 190 g/mol. The van der Waals surface area contributed by atoms with Crippen LogP contribution < -0.4 is 5.32 Å². The largest absolute Gasteiger partial charge is 0.508 e. The number of rotatable bonds is 4. The topological polar surface area (TPSA) is 49.3 Å². The zero-order valence-corrected chi connectivity index (χ0v) is 9.16. The maximum absolute atomic E-state index is 11.5. The molecule has 0 fully saturated rings. The smallest absolute Gasteiger partial charge is 0.224 e. The summed E-state index contributed by atoms with van der Waals surface area (Å²) in [5.74, 6) is 0.632. The van der Waals surface area contributed by atoms with Crippen molar-refractivity contribution >= 4 is 11.6 Å². The highest BCUT2D eigenvalue weighted by molar-refractivity contribution is 5.90. The van der Waals surface area contributed by atoms with Crippen LogP contribution in [0.1, 0.15) is 26.7 Å². The number of carbonyl (C=O) groups excluding carboxylic acids is 1. The average molecular weight is 207 g/mol. The molecular formula is C12H17NO2. The van der Waals surface area contributed by atoms with Crippen LogP contribution in [0, 0.1) is 5.92 Å². The fourth-order valence-corrected chi connectivity index (χ4v) is 1.22. The normalized spacial score (nSPS) is 12.1. The molecule has 3 nitrogen and oxygen atoms in total. The first kappa shape index (κ1) is 11.6. The molecule has 0 aromatic heterocycles. The SMILES string of the molecule is CC[C@@H](C)CC(=O)Nc1ccc(O)cc1. The summed E-state index contributed by atoms with van der Waals surface area (Å²) in [7, 11) is 0. The zero-order valence-electron chi connectivity index (χ0n) is 9.16. The van der Waals surface area contributed by atoms with Crippen LogP contribution >= 0.6 is 0 Å². The molecule has 1 atom stereocenters. The van der Waals surface area contributed by atoms with Crippen LogP contribution in [0.15, 0.2) is 24.3 Å². The molecule has 0 bridgehead atoms. The van der Waals surface area contributed by atoms with Crippen molar-refractivity contribution in [3.05, 3.63) is 24.3 Å². The summed E-state index contributed by atoms with van der Waals surface area (Å²) in [4.78, 5) is 11.5. The lowest BCUT2D eigenvalue weighted by atomic mass is 10.1. The molecule has 1 amide bonds. The van der Waals surface area contributed by atoms with E-state index in [2.05, 4.69) is 19.2 Å². The van der Waals surface area contributed by atoms with Gasteiger partial charge < -0.3 is 10.4 Å². The molecule has 0 aliphatic heterocycles. The average Bonchev–Trinajstić information content (AvgIpc) is 2.21. The number of aromatic hydroxyl groups is 1. The minimum absolute atomic E-state index is 0.0232. The molecule has 2 N–H and O–H groups in total. The lowest BCUT2D eigenvalue weighted by Crippen LogP contribution is -2.14. The van der Waals surface area contributed by atoms with Gasteiger partial charge in [0.25, 0.3) is 0 Å². The lowest BCUT2D eigenvalue weighted by molar-refractivity contribution is -0.117. The molecule has 1 rings (SSSR count). The Labute approximate surface area is 90.1 Å². The van der Waals surface area contributed by atoms with Crippen LogP contribution in [0.2, 0.25) is 0 Å². The number of phenols is 1. The van der Waals surface area contributed by atoms with Crippen molar-refractivity contribution in [2.75, 3.05) is 5.32 Å². The quantitative estimate of drug-likeness (QED) is 0.746. The van der Waals surface area contributed by atoms with Crippen LogP contribution in [0.3, 0.4) is 0 Å². The minimum Gasteiger partial charge on any atom is -0.508 e. The fraction of sp³-hybridized carbons (Fsp3) is 0.417. The highest BCUT2D eigenvalue weighted by Gasteiger charge is 2.07. The number of benzene rings is 1. The van der Waals surface area contributed by atoms with Gasteiger partial charge in [0.05, 0.1) is 0 Å². The maximum Gasteiger partial charge on any atom is 0.224 e. The van der Waals surface area contributed by atoms with Gasteiger partial charge in [-0.05, 0) is 30.2 Å². The summed E-state index contributed by atoms with van der Waals surface area (Å²) in [5.41, 5.74) is 0.723. The van der Waals surface area contributed by atoms with Gasteiger partial charge in [0.1, 0.15) is 5.75 Å². The number of nitrogens with one attached hydrogen (secondary N) is 1. The number of carbonyl (C=O) groups is 1. The third-order valence-corrected chi connectivity index (χ3v) is 2.38. The molecule has 0 heterocycles. The van der Waals surface area contributed by atoms with E-state index in [1.807, 2.05) is 0 Å². The van der Waals surface area contributed by atoms with Crippen LogP contribution in [0.25, 0.3) is 0 Å². The molecule has 15 heavy (non-hydrogen) atoms. The van der Waals surface area contributed by atoms with Gasteiger partial charge >= 0.3 is 0 Å². The zero-order chi connectivity index (χ0) is 11.3. The predicted octanol–water partition coefficient (Wildman–Crippen LogP) is 2.77. The molecule has 1 aromatic carbocycles. The van der Waals surface area contributed by atoms with E-state index in [0.717, 1.165) is 12.1 Å². The molecule has 0 saturated carbocycles. The molecule has 1 aromatic rings. The van der Waals surface area contributed by atoms with E-state index in [1.165, 1.54) is 0 Å². The Morgan fingerprint density at radius 3 is 2.53 bits per heavy atom. The molecule has 0 aliphatic rings. The third kappa shape index (κ3) is 4.02. The molecule has 0 saturated heterocycles. The van der Waals surface area contributed by atoms with Crippen molar-refractivity contribution in [3.8, 4) is 5.75 Å². The number of hydrogen-bond donors (Lipinski definition) is 2. The first-order chi connectivity index (χ1) is 7.11. The van der Waals surface area contributed by atoms with Crippen molar-refractivity contribution < 1.29 is 9.90 Å². The molecule has 82 valence electrons. The second kappa shape index (κ2) is 5.39. The number of anilines is 1. The summed E-state index contributed by atoms with van der Waals surface area (Å²) in [6, 6.07) is 6.48. The summed E-state index contributed by atoms with van der Waals surface area (Å²) < 4.78 is 0. The van der Waals surface area contributed by atoms with Gasteiger partial charge in [0.15, 0.2) is 0 Å². The minimum atomic E-state index is 0.0232. The van der Waals surface area contributed by atoms with Crippen LogP contribution in [-0.2, 0) is 4.79 Å². The van der Waals surface area contributed by atoms with Crippen LogP contribution in [0.5, 0.6) is 5.75 Å². The van der Waals surface area contributed by atoms with Gasteiger partial charge in [0.2, 0.25) is 5.91 Å². The van der Waals surface area contributed by atoms with E-state index < -0.39 is 0 Å². The van der Waals surface area contributed by atoms with Crippen LogP contribution in [-0.4, -0.2) is 11.0 Å². The fourth-order valence-electron chi connectivity index (χ4n) is 1.22. The molecule has 0 unspecified atom stereocenters. The number of phenolic OH excluding ortho intramolecular Hbond substituents is 1. The van der Waals surface area contributed by atoms with E-state index >= 15 is 0 Å². The van der Waals surface area contributed by atoms with Gasteiger partial charge in [0, 0.05) is 12.1 Å². The second-order valence-electron chi connectivity index (χ2n) is 3.81. The van der Waals surface area contributed by atoms with Gasteiger partial charge in [-0.3, -0.25) is 4.79 Å². The molecule has 0 aliphatic carbocycles. The Kier molecular flexibility index (Phi) is 4.16. The predicted molar refractivity (Wildman–Crippen MR) is 60.8 cm³/mol. The Balaban J connectivity index is 2.48. The highest BCUT2D eigenvalue weighted by atomic mass is 16.3. The van der Waals surface area contributed by atoms with E-state index in [9.17, 15) is 4.79 Å². The second-order valence-corrected chi connectivity index (χ2v) is 3.81. The number of hydrogen-bond acceptors (Lipinski definition) is 2. The standard InChI is InChI=1S/C12H17NO2/c1-3-9(2)8-12(15)13-10-4-6-11(14)7-5-10/h4-7,9,14H,3,8H2,1-2H3,(H,13,15)/t9-/m1/s1. The van der Waals surface area contributed by atoms with Gasteiger partial charge in [-0.15, -0.1) is 0 Å². The third-order valence-electron chi connectivity index (χ3n) is 2.38. The van der Waals surface area contributed by atoms with Crippen molar-refractivity contribution in [2.45, 2.75) is 26.7 Å². The van der Waals surface area contributed by atoms with Crippen LogP contribution in [0.4, 0.5) is 5.69 Å². The summed E-state index contributed by atoms with van der Waals surface area (Å²) in [6.45, 7) is 4.12. The Morgan fingerprint density at radius 1 is 1.40 bits per heavy atom. The molecule has 0 radical (unpaired) electrons. The first-order valence-electron chi connectivity index (χ1n) is 5.20. The summed E-state index contributed by atoms with van der Waals surface area (Å²) >= 11 is 0. The lowest BCUT2D eigenvalue weighted by Gasteiger charge is -2.09. The maximum atomic E-state index is 11.5. The molecule has 3 heteroatoms. The Morgan fingerprint density at radius 2 is 2.00 bits per heavy atom. The number of amides is 1. The Bertz CT molecular complexity index is 319. The highest BCUT2D eigenvalue weighted by Crippen LogP contribution is 2.15. The van der Waals surface area contributed by atoms with E-state index in [1.54, 1.807) is 24.3 Å². The van der Waals surface area contributed by atoms with Gasteiger partial charge in [-0.2, -0.15) is 0 Å². The van der Waals surface area contributed by atoms with Gasteiger partial charge in [-0.25, -0.2) is 0 Å². The van der Waals surface area contributed by atoms with Crippen molar-refractivity contribution in [1.82, 2.24) is 0 Å². The van der Waals surface area contributed by atoms with E-state index in [-0.39, 0.29) is 11.7 Å². The van der Waals surface area contributed by atoms with E-state index in [0.29, 0.717) is 12.3 Å². The van der Waals surface area contributed by atoms with Crippen molar-refractivity contribution in [3.63, 3.8) is 0 Å². The Hall–Kier alpha value is -1.51. The molecule has 0 spiro atoms. The van der Waals surface area contributed by atoms with E-state index in [4.69, 9.17) is 5.11 Å². The first-order valence-corrected chi connectivity index (χ1v) is 5.20. The van der Waals surface area contributed by atoms with Gasteiger partial charge in [-0.1, -0.05) is 20.3 Å².